The van der Waals surface area contributed by atoms with E-state index in [0.29, 0.717) is 5.56 Å². The van der Waals surface area contributed by atoms with Crippen molar-refractivity contribution in [2.24, 2.45) is 5.92 Å². The van der Waals surface area contributed by atoms with Crippen molar-refractivity contribution in [2.45, 2.75) is 26.9 Å². The van der Waals surface area contributed by atoms with Crippen molar-refractivity contribution < 1.29 is 23.2 Å². The van der Waals surface area contributed by atoms with Gasteiger partial charge in [0.05, 0.1) is 5.56 Å². The summed E-state index contributed by atoms with van der Waals surface area (Å²) in [6.07, 6.45) is -1.15. The molecular formula is C21H20FN3O4. The molecule has 3 rings (SSSR count). The molecule has 29 heavy (non-hydrogen) atoms. The fourth-order valence-corrected chi connectivity index (χ4v) is 2.38. The molecule has 1 atom stereocenters. The van der Waals surface area contributed by atoms with Crippen molar-refractivity contribution in [3.8, 4) is 22.8 Å². The maximum atomic E-state index is 13.9. The van der Waals surface area contributed by atoms with Gasteiger partial charge in [-0.25, -0.2) is 9.18 Å². The normalized spacial score (nSPS) is 11.9. The third-order valence-electron chi connectivity index (χ3n) is 4.36. The second kappa shape index (κ2) is 8.64. The van der Waals surface area contributed by atoms with E-state index in [1.807, 2.05) is 13.8 Å². The summed E-state index contributed by atoms with van der Waals surface area (Å²) in [6.45, 7) is 5.56. The van der Waals surface area contributed by atoms with Crippen LogP contribution < -0.4 is 5.32 Å². The summed E-state index contributed by atoms with van der Waals surface area (Å²) in [5.74, 6) is -0.759. The van der Waals surface area contributed by atoms with Gasteiger partial charge in [0.2, 0.25) is 5.82 Å². The summed E-state index contributed by atoms with van der Waals surface area (Å²) in [4.78, 5) is 28.4. The van der Waals surface area contributed by atoms with Crippen LogP contribution in [-0.4, -0.2) is 28.2 Å². The molecule has 1 aromatic heterocycles. The first kappa shape index (κ1) is 20.2. The highest BCUT2D eigenvalue weighted by atomic mass is 19.1. The molecule has 2 amide bonds. The number of nitrogens with zero attached hydrogens (tertiary/aromatic N) is 2. The molecule has 0 fully saturated rings. The zero-order valence-electron chi connectivity index (χ0n) is 16.2. The smallest absolute Gasteiger partial charge is 0.414 e. The van der Waals surface area contributed by atoms with Crippen molar-refractivity contribution in [1.82, 2.24) is 15.5 Å². The van der Waals surface area contributed by atoms with Gasteiger partial charge in [0, 0.05) is 11.1 Å². The lowest BCUT2D eigenvalue weighted by molar-refractivity contribution is 0.0739. The van der Waals surface area contributed by atoms with Crippen molar-refractivity contribution >= 4 is 12.0 Å². The molecule has 0 saturated heterocycles. The Morgan fingerprint density at radius 1 is 1.10 bits per heavy atom. The summed E-state index contributed by atoms with van der Waals surface area (Å²) in [6, 6.07) is 12.4. The zero-order chi connectivity index (χ0) is 21.0. The van der Waals surface area contributed by atoms with E-state index in [1.165, 1.54) is 24.3 Å². The molecule has 1 unspecified atom stereocenters. The number of carbonyl (C=O) groups excluding carboxylic acids is 2. The van der Waals surface area contributed by atoms with E-state index in [1.54, 1.807) is 31.2 Å². The van der Waals surface area contributed by atoms with Gasteiger partial charge in [0.25, 0.3) is 11.8 Å². The van der Waals surface area contributed by atoms with Crippen LogP contribution >= 0.6 is 0 Å². The number of hydrogen-bond donors (Lipinski definition) is 1. The van der Waals surface area contributed by atoms with Crippen molar-refractivity contribution in [3.63, 3.8) is 0 Å². The van der Waals surface area contributed by atoms with Crippen molar-refractivity contribution in [1.29, 1.82) is 0 Å². The molecule has 3 aromatic rings. The van der Waals surface area contributed by atoms with Crippen LogP contribution in [0.15, 0.2) is 53.1 Å². The number of halogens is 1. The van der Waals surface area contributed by atoms with Gasteiger partial charge >= 0.3 is 6.09 Å². The van der Waals surface area contributed by atoms with Gasteiger partial charge < -0.3 is 9.26 Å². The van der Waals surface area contributed by atoms with E-state index < -0.39 is 17.8 Å². The van der Waals surface area contributed by atoms with Crippen LogP contribution in [0, 0.1) is 11.7 Å². The molecule has 0 aliphatic rings. The first-order valence-electron chi connectivity index (χ1n) is 9.06. The lowest BCUT2D eigenvalue weighted by Gasteiger charge is -2.16. The van der Waals surface area contributed by atoms with Gasteiger partial charge in [-0.15, -0.1) is 0 Å². The Morgan fingerprint density at radius 2 is 1.86 bits per heavy atom. The molecule has 0 saturated carbocycles. The maximum Gasteiger partial charge on any atom is 0.414 e. The van der Waals surface area contributed by atoms with E-state index in [2.05, 4.69) is 15.5 Å². The van der Waals surface area contributed by atoms with E-state index in [-0.39, 0.29) is 34.9 Å². The fraction of sp³-hybridized carbons (Fsp3) is 0.238. The van der Waals surface area contributed by atoms with Gasteiger partial charge in [-0.05, 0) is 37.1 Å². The van der Waals surface area contributed by atoms with Crippen LogP contribution in [0.25, 0.3) is 22.8 Å². The molecule has 0 aliphatic heterocycles. The Bertz CT molecular complexity index is 1030. The summed E-state index contributed by atoms with van der Waals surface area (Å²) in [5, 5.41) is 6.03. The first-order chi connectivity index (χ1) is 13.8. The summed E-state index contributed by atoms with van der Waals surface area (Å²) >= 11 is 0. The average Bonchev–Trinajstić information content (AvgIpc) is 3.18. The molecule has 0 spiro atoms. The van der Waals surface area contributed by atoms with E-state index in [0.717, 1.165) is 0 Å². The Balaban J connectivity index is 1.76. The van der Waals surface area contributed by atoms with Crippen LogP contribution in [0.5, 0.6) is 0 Å². The molecule has 0 radical (unpaired) electrons. The van der Waals surface area contributed by atoms with Gasteiger partial charge in [-0.3, -0.25) is 10.1 Å². The number of carbonyl (C=O) groups is 2. The molecule has 1 heterocycles. The predicted octanol–water partition coefficient (Wildman–Crippen LogP) is 4.45. The van der Waals surface area contributed by atoms with Gasteiger partial charge in [-0.1, -0.05) is 43.3 Å². The van der Waals surface area contributed by atoms with Crippen molar-refractivity contribution in [3.05, 3.63) is 59.9 Å². The molecule has 2 aromatic carbocycles. The average molecular weight is 397 g/mol. The summed E-state index contributed by atoms with van der Waals surface area (Å²) in [7, 11) is 0. The first-order valence-corrected chi connectivity index (χ1v) is 9.06. The number of ether oxygens (including phenoxy) is 1. The number of nitrogens with one attached hydrogen (secondary N) is 1. The minimum Gasteiger partial charge on any atom is -0.446 e. The number of rotatable bonds is 5. The summed E-state index contributed by atoms with van der Waals surface area (Å²) in [5.41, 5.74) is 0.879. The van der Waals surface area contributed by atoms with Gasteiger partial charge in [0.15, 0.2) is 0 Å². The topological polar surface area (TPSA) is 94.3 Å². The Labute approximate surface area is 166 Å². The Hall–Kier alpha value is -3.55. The largest absolute Gasteiger partial charge is 0.446 e. The van der Waals surface area contributed by atoms with Crippen molar-refractivity contribution in [2.75, 3.05) is 0 Å². The molecule has 0 aliphatic carbocycles. The fourth-order valence-electron chi connectivity index (χ4n) is 2.38. The number of imide groups is 1. The van der Waals surface area contributed by atoms with E-state index >= 15 is 0 Å². The third-order valence-corrected chi connectivity index (χ3v) is 4.36. The summed E-state index contributed by atoms with van der Waals surface area (Å²) < 4.78 is 24.2. The van der Waals surface area contributed by atoms with Crippen LogP contribution in [0.3, 0.4) is 0 Å². The minimum absolute atomic E-state index is 0.0270. The lowest BCUT2D eigenvalue weighted by atomic mass is 10.1. The van der Waals surface area contributed by atoms with Crippen LogP contribution in [0.2, 0.25) is 0 Å². The molecule has 8 heteroatoms. The number of benzene rings is 2. The minimum atomic E-state index is -0.817. The van der Waals surface area contributed by atoms with Crippen LogP contribution in [-0.2, 0) is 4.74 Å². The van der Waals surface area contributed by atoms with Crippen LogP contribution in [0.4, 0.5) is 9.18 Å². The highest BCUT2D eigenvalue weighted by Gasteiger charge is 2.18. The standard InChI is InChI=1S/C21H20FN3O4/c1-12(2)13(3)28-21(27)24-19(26)15-8-6-7-14(11-15)18-23-20(29-25-18)16-9-4-5-10-17(16)22/h4-13H,1-3H3,(H,24,26,27). The monoisotopic (exact) mass is 397 g/mol. The molecule has 150 valence electrons. The number of amides is 2. The molecule has 7 nitrogen and oxygen atoms in total. The van der Waals surface area contributed by atoms with E-state index in [9.17, 15) is 14.0 Å². The molecular weight excluding hydrogens is 377 g/mol. The van der Waals surface area contributed by atoms with E-state index in [4.69, 9.17) is 9.26 Å². The highest BCUT2D eigenvalue weighted by Crippen LogP contribution is 2.24. The second-order valence-electron chi connectivity index (χ2n) is 6.79. The SMILES string of the molecule is CC(C)C(C)OC(=O)NC(=O)c1cccc(-c2noc(-c3ccccc3F)n2)c1. The Morgan fingerprint density at radius 3 is 2.59 bits per heavy atom. The van der Waals surface area contributed by atoms with Gasteiger partial charge in [-0.2, -0.15) is 4.98 Å². The molecule has 0 bridgehead atoms. The lowest BCUT2D eigenvalue weighted by Crippen LogP contribution is -2.34. The number of hydrogen-bond acceptors (Lipinski definition) is 6. The number of alkyl carbamates (subject to hydrolysis) is 1. The number of aromatic nitrogens is 2. The zero-order valence-corrected chi connectivity index (χ0v) is 16.2. The third kappa shape index (κ3) is 4.84. The van der Waals surface area contributed by atoms with Gasteiger partial charge in [0.1, 0.15) is 11.9 Å². The second-order valence-corrected chi connectivity index (χ2v) is 6.79. The maximum absolute atomic E-state index is 13.9. The Kier molecular flexibility index (Phi) is 6.01. The highest BCUT2D eigenvalue weighted by molar-refractivity contribution is 6.03. The predicted molar refractivity (Wildman–Crippen MR) is 103 cm³/mol. The quantitative estimate of drug-likeness (QED) is 0.683. The van der Waals surface area contributed by atoms with Crippen LogP contribution in [0.1, 0.15) is 31.1 Å². The molecule has 1 N–H and O–H groups in total.